The van der Waals surface area contributed by atoms with Crippen LogP contribution in [0.5, 0.6) is 11.5 Å². The predicted octanol–water partition coefficient (Wildman–Crippen LogP) is 4.93. The van der Waals surface area contributed by atoms with E-state index in [4.69, 9.17) is 21.7 Å². The summed E-state index contributed by atoms with van der Waals surface area (Å²) >= 11 is 5.43. The molecule has 0 saturated carbocycles. The molecule has 0 unspecified atom stereocenters. The SMILES string of the molecule is COc1ccc(NS(=O)(=O)c2cc(OC)ccc2NC(=S)Nc2ccc(C)cc2C)cc1. The first-order valence-electron chi connectivity index (χ1n) is 9.72. The molecule has 0 aromatic heterocycles. The second kappa shape index (κ2) is 9.88. The van der Waals surface area contributed by atoms with Crippen LogP contribution in [-0.2, 0) is 10.0 Å². The summed E-state index contributed by atoms with van der Waals surface area (Å²) in [7, 11) is -0.931. The normalized spacial score (nSPS) is 10.9. The zero-order valence-corrected chi connectivity index (χ0v) is 19.9. The second-order valence-electron chi connectivity index (χ2n) is 7.09. The molecule has 3 N–H and O–H groups in total. The quantitative estimate of drug-likeness (QED) is 0.421. The van der Waals surface area contributed by atoms with Crippen LogP contribution >= 0.6 is 12.2 Å². The summed E-state index contributed by atoms with van der Waals surface area (Å²) in [5, 5.41) is 6.37. The van der Waals surface area contributed by atoms with Crippen molar-refractivity contribution in [2.45, 2.75) is 18.7 Å². The molecule has 0 heterocycles. The summed E-state index contributed by atoms with van der Waals surface area (Å²) < 4.78 is 39.3. The summed E-state index contributed by atoms with van der Waals surface area (Å²) in [4.78, 5) is -0.00236. The maximum absolute atomic E-state index is 13.2. The van der Waals surface area contributed by atoms with Crippen LogP contribution in [0.3, 0.4) is 0 Å². The highest BCUT2D eigenvalue weighted by atomic mass is 32.2. The van der Waals surface area contributed by atoms with Crippen molar-refractivity contribution in [3.8, 4) is 11.5 Å². The van der Waals surface area contributed by atoms with Gasteiger partial charge in [0.05, 0.1) is 19.9 Å². The Balaban J connectivity index is 1.87. The lowest BCUT2D eigenvalue weighted by Gasteiger charge is -2.17. The van der Waals surface area contributed by atoms with Crippen molar-refractivity contribution in [1.29, 1.82) is 0 Å². The number of thiocarbonyl (C=S) groups is 1. The third kappa shape index (κ3) is 5.68. The van der Waals surface area contributed by atoms with Crippen molar-refractivity contribution < 1.29 is 17.9 Å². The predicted molar refractivity (Wildman–Crippen MR) is 133 cm³/mol. The van der Waals surface area contributed by atoms with E-state index >= 15 is 0 Å². The van der Waals surface area contributed by atoms with E-state index in [1.165, 1.54) is 13.2 Å². The van der Waals surface area contributed by atoms with Gasteiger partial charge in [0.25, 0.3) is 10.0 Å². The van der Waals surface area contributed by atoms with Gasteiger partial charge in [-0.25, -0.2) is 8.42 Å². The summed E-state index contributed by atoms with van der Waals surface area (Å²) in [6.07, 6.45) is 0. The summed E-state index contributed by atoms with van der Waals surface area (Å²) in [6.45, 7) is 3.98. The minimum Gasteiger partial charge on any atom is -0.497 e. The van der Waals surface area contributed by atoms with Gasteiger partial charge in [0.15, 0.2) is 5.11 Å². The van der Waals surface area contributed by atoms with Gasteiger partial charge in [-0.2, -0.15) is 0 Å². The molecule has 3 aromatic carbocycles. The lowest BCUT2D eigenvalue weighted by Crippen LogP contribution is -2.22. The molecule has 0 aliphatic rings. The van der Waals surface area contributed by atoms with Crippen molar-refractivity contribution in [1.82, 2.24) is 0 Å². The maximum Gasteiger partial charge on any atom is 0.264 e. The lowest BCUT2D eigenvalue weighted by atomic mass is 10.1. The monoisotopic (exact) mass is 471 g/mol. The van der Waals surface area contributed by atoms with Crippen LogP contribution in [0, 0.1) is 13.8 Å². The van der Waals surface area contributed by atoms with Gasteiger partial charge in [0.1, 0.15) is 16.4 Å². The van der Waals surface area contributed by atoms with Crippen LogP contribution in [0.4, 0.5) is 17.1 Å². The molecule has 0 aliphatic heterocycles. The third-order valence-corrected chi connectivity index (χ3v) is 6.32. The highest BCUT2D eigenvalue weighted by molar-refractivity contribution is 7.93. The highest BCUT2D eigenvalue weighted by Crippen LogP contribution is 2.29. The van der Waals surface area contributed by atoms with Crippen molar-refractivity contribution >= 4 is 44.4 Å². The smallest absolute Gasteiger partial charge is 0.264 e. The Morgan fingerprint density at radius 2 is 1.41 bits per heavy atom. The molecule has 0 aliphatic carbocycles. The van der Waals surface area contributed by atoms with Crippen molar-refractivity contribution in [3.63, 3.8) is 0 Å². The molecule has 0 atom stereocenters. The van der Waals surface area contributed by atoms with E-state index < -0.39 is 10.0 Å². The van der Waals surface area contributed by atoms with Crippen LogP contribution in [0.2, 0.25) is 0 Å². The van der Waals surface area contributed by atoms with Crippen LogP contribution in [0.15, 0.2) is 65.6 Å². The van der Waals surface area contributed by atoms with Gasteiger partial charge in [0.2, 0.25) is 0 Å². The molecule has 168 valence electrons. The van der Waals surface area contributed by atoms with Crippen molar-refractivity contribution in [2.75, 3.05) is 29.6 Å². The first-order chi connectivity index (χ1) is 15.2. The number of rotatable bonds is 7. The molecule has 9 heteroatoms. The number of sulfonamides is 1. The van der Waals surface area contributed by atoms with E-state index in [2.05, 4.69) is 15.4 Å². The first-order valence-corrected chi connectivity index (χ1v) is 11.6. The molecule has 3 rings (SSSR count). The van der Waals surface area contributed by atoms with Gasteiger partial charge >= 0.3 is 0 Å². The van der Waals surface area contributed by atoms with E-state index in [1.807, 2.05) is 32.0 Å². The van der Waals surface area contributed by atoms with Gasteiger partial charge in [-0.15, -0.1) is 0 Å². The molecule has 0 saturated heterocycles. The standard InChI is InChI=1S/C23H25N3O4S2/c1-15-5-11-20(16(2)13-15)24-23(31)25-21-12-10-19(30-4)14-22(21)32(27,28)26-17-6-8-18(29-3)9-7-17/h5-14,26H,1-4H3,(H2,24,25,31). The molecular formula is C23H25N3O4S2. The number of hydrogen-bond donors (Lipinski definition) is 3. The molecule has 3 aromatic rings. The van der Waals surface area contributed by atoms with Gasteiger partial charge in [-0.05, 0) is 74.1 Å². The zero-order chi connectivity index (χ0) is 23.3. The lowest BCUT2D eigenvalue weighted by molar-refractivity contribution is 0.413. The Hall–Kier alpha value is -3.30. The zero-order valence-electron chi connectivity index (χ0n) is 18.2. The van der Waals surface area contributed by atoms with E-state index in [-0.39, 0.29) is 10.0 Å². The highest BCUT2D eigenvalue weighted by Gasteiger charge is 2.21. The van der Waals surface area contributed by atoms with Gasteiger partial charge < -0.3 is 20.1 Å². The fourth-order valence-electron chi connectivity index (χ4n) is 3.05. The minimum atomic E-state index is -3.95. The summed E-state index contributed by atoms with van der Waals surface area (Å²) in [6, 6.07) is 17.2. The Morgan fingerprint density at radius 1 is 0.812 bits per heavy atom. The molecule has 0 amide bonds. The number of methoxy groups -OCH3 is 2. The molecule has 32 heavy (non-hydrogen) atoms. The van der Waals surface area contributed by atoms with Crippen LogP contribution in [-0.4, -0.2) is 27.7 Å². The Kier molecular flexibility index (Phi) is 7.22. The Labute approximate surface area is 193 Å². The van der Waals surface area contributed by atoms with Crippen LogP contribution < -0.4 is 24.8 Å². The van der Waals surface area contributed by atoms with Crippen molar-refractivity contribution in [2.24, 2.45) is 0 Å². The largest absolute Gasteiger partial charge is 0.497 e. The molecule has 0 spiro atoms. The number of benzene rings is 3. The molecular weight excluding hydrogens is 446 g/mol. The number of nitrogens with one attached hydrogen (secondary N) is 3. The average Bonchev–Trinajstić information content (AvgIpc) is 2.76. The van der Waals surface area contributed by atoms with Gasteiger partial charge in [-0.1, -0.05) is 17.7 Å². The van der Waals surface area contributed by atoms with Crippen molar-refractivity contribution in [3.05, 3.63) is 71.8 Å². The summed E-state index contributed by atoms with van der Waals surface area (Å²) in [5.41, 5.74) is 3.71. The first kappa shape index (κ1) is 23.4. The topological polar surface area (TPSA) is 88.7 Å². The second-order valence-corrected chi connectivity index (χ2v) is 9.15. The fourth-order valence-corrected chi connectivity index (χ4v) is 4.51. The fraction of sp³-hybridized carbons (Fsp3) is 0.174. The van der Waals surface area contributed by atoms with E-state index in [0.717, 1.165) is 16.8 Å². The van der Waals surface area contributed by atoms with Crippen LogP contribution in [0.25, 0.3) is 0 Å². The molecule has 0 bridgehead atoms. The number of hydrogen-bond acceptors (Lipinski definition) is 5. The van der Waals surface area contributed by atoms with Gasteiger partial charge in [-0.3, -0.25) is 4.72 Å². The van der Waals surface area contributed by atoms with Crippen LogP contribution in [0.1, 0.15) is 11.1 Å². The molecule has 7 nitrogen and oxygen atoms in total. The average molecular weight is 472 g/mol. The number of ether oxygens (including phenoxy) is 2. The number of anilines is 3. The summed E-state index contributed by atoms with van der Waals surface area (Å²) in [5.74, 6) is 1.03. The Bertz CT molecular complexity index is 1230. The van der Waals surface area contributed by atoms with E-state index in [1.54, 1.807) is 43.5 Å². The minimum absolute atomic E-state index is 0.00236. The van der Waals surface area contributed by atoms with E-state index in [0.29, 0.717) is 22.9 Å². The molecule has 0 fully saturated rings. The third-order valence-electron chi connectivity index (χ3n) is 4.70. The van der Waals surface area contributed by atoms with Gasteiger partial charge in [0, 0.05) is 17.4 Å². The Morgan fingerprint density at radius 3 is 2.03 bits per heavy atom. The molecule has 0 radical (unpaired) electrons. The number of aryl methyl sites for hydroxylation is 2. The maximum atomic E-state index is 13.2. The van der Waals surface area contributed by atoms with E-state index in [9.17, 15) is 8.42 Å².